The van der Waals surface area contributed by atoms with E-state index in [0.717, 1.165) is 74.5 Å². The highest BCUT2D eigenvalue weighted by Gasteiger charge is 2.24. The van der Waals surface area contributed by atoms with Gasteiger partial charge in [0.25, 0.3) is 5.56 Å². The van der Waals surface area contributed by atoms with Gasteiger partial charge in [-0.3, -0.25) is 24.1 Å². The SMILES string of the molecule is CCN1CCc2c(sc3ncn(CCN4CCN(c5cccc6cccnc56)CC4)c(=O)c23)C1. The van der Waals surface area contributed by atoms with Crippen molar-refractivity contribution in [1.82, 2.24) is 24.3 Å². The predicted octanol–water partition coefficient (Wildman–Crippen LogP) is 3.21. The van der Waals surface area contributed by atoms with Crippen LogP contribution in [0.1, 0.15) is 17.4 Å². The summed E-state index contributed by atoms with van der Waals surface area (Å²) in [5.41, 5.74) is 3.67. The van der Waals surface area contributed by atoms with E-state index in [2.05, 4.69) is 55.9 Å². The number of fused-ring (bicyclic) bond motifs is 4. The predicted molar refractivity (Wildman–Crippen MR) is 139 cm³/mol. The van der Waals surface area contributed by atoms with Crippen molar-refractivity contribution in [1.29, 1.82) is 0 Å². The van der Waals surface area contributed by atoms with Crippen molar-refractivity contribution in [3.63, 3.8) is 0 Å². The molecule has 7 nitrogen and oxygen atoms in total. The number of nitrogens with zero attached hydrogens (tertiary/aromatic N) is 6. The lowest BCUT2D eigenvalue weighted by Crippen LogP contribution is -2.47. The summed E-state index contributed by atoms with van der Waals surface area (Å²) in [6.45, 7) is 10.7. The van der Waals surface area contributed by atoms with Crippen LogP contribution in [0.4, 0.5) is 5.69 Å². The normalized spacial score (nSPS) is 17.5. The van der Waals surface area contributed by atoms with Crippen molar-refractivity contribution in [2.24, 2.45) is 0 Å². The number of aromatic nitrogens is 3. The molecule has 4 aromatic rings. The van der Waals surface area contributed by atoms with Crippen molar-refractivity contribution in [3.05, 3.63) is 63.7 Å². The second-order valence-electron chi connectivity index (χ2n) is 9.23. The average Bonchev–Trinajstić information content (AvgIpc) is 3.27. The molecule has 0 bridgehead atoms. The minimum absolute atomic E-state index is 0.132. The number of benzene rings is 1. The molecule has 0 amide bonds. The fourth-order valence-electron chi connectivity index (χ4n) is 5.31. The first-order valence-electron chi connectivity index (χ1n) is 12.2. The number of piperazine rings is 1. The summed E-state index contributed by atoms with van der Waals surface area (Å²) in [6, 6.07) is 10.5. The second kappa shape index (κ2) is 9.09. The first-order chi connectivity index (χ1) is 16.7. The molecule has 0 unspecified atom stereocenters. The first kappa shape index (κ1) is 21.7. The molecule has 1 aromatic carbocycles. The van der Waals surface area contributed by atoms with Crippen molar-refractivity contribution < 1.29 is 0 Å². The molecule has 1 fully saturated rings. The summed E-state index contributed by atoms with van der Waals surface area (Å²) >= 11 is 1.70. The van der Waals surface area contributed by atoms with Gasteiger partial charge in [0.05, 0.1) is 22.9 Å². The summed E-state index contributed by atoms with van der Waals surface area (Å²) in [5, 5.41) is 2.05. The van der Waals surface area contributed by atoms with Gasteiger partial charge in [0, 0.05) is 68.8 Å². The maximum absolute atomic E-state index is 13.3. The molecule has 0 radical (unpaired) electrons. The van der Waals surface area contributed by atoms with Crippen molar-refractivity contribution >= 4 is 38.1 Å². The Hall–Kier alpha value is -2.81. The number of anilines is 1. The van der Waals surface area contributed by atoms with Crippen molar-refractivity contribution in [2.75, 3.05) is 50.7 Å². The lowest BCUT2D eigenvalue weighted by Gasteiger charge is -2.36. The van der Waals surface area contributed by atoms with Crippen LogP contribution in [0, 0.1) is 0 Å². The topological polar surface area (TPSA) is 57.5 Å². The Balaban J connectivity index is 1.13. The summed E-state index contributed by atoms with van der Waals surface area (Å²) in [6.07, 6.45) is 4.58. The molecule has 3 aromatic heterocycles. The van der Waals surface area contributed by atoms with E-state index in [1.54, 1.807) is 17.7 Å². The van der Waals surface area contributed by atoms with Crippen LogP contribution < -0.4 is 10.5 Å². The van der Waals surface area contributed by atoms with Crippen LogP contribution in [-0.2, 0) is 19.5 Å². The quantitative estimate of drug-likeness (QED) is 0.443. The van der Waals surface area contributed by atoms with Crippen LogP contribution in [-0.4, -0.2) is 70.1 Å². The highest BCUT2D eigenvalue weighted by Crippen LogP contribution is 2.32. The standard InChI is InChI=1S/C26H30N6OS/c1-2-29-10-8-20-22(17-29)34-25-23(20)26(33)32(18-28-25)16-13-30-11-14-31(15-12-30)21-7-3-5-19-6-4-9-27-24(19)21/h3-7,9,18H,2,8,10-17H2,1H3. The Morgan fingerprint density at radius 1 is 0.971 bits per heavy atom. The number of rotatable bonds is 5. The first-order valence-corrected chi connectivity index (χ1v) is 13.1. The van der Waals surface area contributed by atoms with E-state index in [1.165, 1.54) is 21.5 Å². The lowest BCUT2D eigenvalue weighted by atomic mass is 10.1. The zero-order chi connectivity index (χ0) is 23.1. The molecular formula is C26H30N6OS. The van der Waals surface area contributed by atoms with Gasteiger partial charge in [-0.15, -0.1) is 11.3 Å². The Labute approximate surface area is 203 Å². The molecule has 0 saturated carbocycles. The van der Waals surface area contributed by atoms with Gasteiger partial charge in [-0.05, 0) is 30.7 Å². The number of likely N-dealkylation sites (N-methyl/N-ethyl adjacent to an activating group) is 1. The fourth-order valence-corrected chi connectivity index (χ4v) is 6.53. The molecule has 8 heteroatoms. The molecule has 2 aliphatic heterocycles. The Morgan fingerprint density at radius 3 is 2.68 bits per heavy atom. The summed E-state index contributed by atoms with van der Waals surface area (Å²) in [7, 11) is 0. The molecule has 2 aliphatic rings. The molecule has 5 heterocycles. The molecule has 34 heavy (non-hydrogen) atoms. The molecular weight excluding hydrogens is 444 g/mol. The van der Waals surface area contributed by atoms with Gasteiger partial charge >= 0.3 is 0 Å². The molecule has 1 saturated heterocycles. The third kappa shape index (κ3) is 3.89. The van der Waals surface area contributed by atoms with Gasteiger partial charge < -0.3 is 4.90 Å². The highest BCUT2D eigenvalue weighted by molar-refractivity contribution is 7.18. The zero-order valence-corrected chi connectivity index (χ0v) is 20.4. The average molecular weight is 475 g/mol. The smallest absolute Gasteiger partial charge is 0.262 e. The van der Waals surface area contributed by atoms with Crippen LogP contribution >= 0.6 is 11.3 Å². The number of hydrogen-bond donors (Lipinski definition) is 0. The largest absolute Gasteiger partial charge is 0.367 e. The number of para-hydroxylation sites is 1. The van der Waals surface area contributed by atoms with Crippen LogP contribution in [0.15, 0.2) is 47.7 Å². The fraction of sp³-hybridized carbons (Fsp3) is 0.423. The molecule has 0 N–H and O–H groups in total. The van der Waals surface area contributed by atoms with Crippen molar-refractivity contribution in [2.45, 2.75) is 26.4 Å². The van der Waals surface area contributed by atoms with E-state index < -0.39 is 0 Å². The molecule has 0 atom stereocenters. The maximum atomic E-state index is 13.3. The van der Waals surface area contributed by atoms with E-state index >= 15 is 0 Å². The Kier molecular flexibility index (Phi) is 5.80. The maximum Gasteiger partial charge on any atom is 0.262 e. The summed E-state index contributed by atoms with van der Waals surface area (Å²) in [4.78, 5) is 32.2. The highest BCUT2D eigenvalue weighted by atomic mass is 32.1. The van der Waals surface area contributed by atoms with Gasteiger partial charge in [-0.25, -0.2) is 4.98 Å². The van der Waals surface area contributed by atoms with Crippen LogP contribution in [0.25, 0.3) is 21.1 Å². The van der Waals surface area contributed by atoms with Crippen LogP contribution in [0.5, 0.6) is 0 Å². The van der Waals surface area contributed by atoms with Gasteiger partial charge in [0.1, 0.15) is 4.83 Å². The van der Waals surface area contributed by atoms with E-state index in [0.29, 0.717) is 6.54 Å². The van der Waals surface area contributed by atoms with Gasteiger partial charge in [0.15, 0.2) is 0 Å². The monoisotopic (exact) mass is 474 g/mol. The van der Waals surface area contributed by atoms with E-state index in [1.807, 2.05) is 16.8 Å². The van der Waals surface area contributed by atoms with E-state index in [9.17, 15) is 4.79 Å². The number of pyridine rings is 1. The summed E-state index contributed by atoms with van der Waals surface area (Å²) < 4.78 is 1.82. The van der Waals surface area contributed by atoms with Crippen LogP contribution in [0.3, 0.4) is 0 Å². The minimum atomic E-state index is 0.132. The lowest BCUT2D eigenvalue weighted by molar-refractivity contribution is 0.247. The molecule has 6 rings (SSSR count). The summed E-state index contributed by atoms with van der Waals surface area (Å²) in [5.74, 6) is 0. The van der Waals surface area contributed by atoms with Gasteiger partial charge in [-0.1, -0.05) is 25.1 Å². The van der Waals surface area contributed by atoms with E-state index in [-0.39, 0.29) is 5.56 Å². The van der Waals surface area contributed by atoms with Gasteiger partial charge in [0.2, 0.25) is 0 Å². The van der Waals surface area contributed by atoms with Gasteiger partial charge in [-0.2, -0.15) is 0 Å². The third-order valence-corrected chi connectivity index (χ3v) is 8.46. The second-order valence-corrected chi connectivity index (χ2v) is 10.3. The number of thiophene rings is 1. The molecule has 0 spiro atoms. The molecule has 0 aliphatic carbocycles. The van der Waals surface area contributed by atoms with Crippen LogP contribution in [0.2, 0.25) is 0 Å². The third-order valence-electron chi connectivity index (χ3n) is 7.34. The number of hydrogen-bond acceptors (Lipinski definition) is 7. The van der Waals surface area contributed by atoms with E-state index in [4.69, 9.17) is 0 Å². The van der Waals surface area contributed by atoms with Crippen molar-refractivity contribution in [3.8, 4) is 0 Å². The molecule has 176 valence electrons. The zero-order valence-electron chi connectivity index (χ0n) is 19.6. The Morgan fingerprint density at radius 2 is 1.82 bits per heavy atom. The minimum Gasteiger partial charge on any atom is -0.367 e. The Bertz CT molecular complexity index is 1380.